The molecule has 1 aromatic carbocycles. The molecule has 0 unspecified atom stereocenters. The van der Waals surface area contributed by atoms with E-state index < -0.39 is 0 Å². The zero-order valence-corrected chi connectivity index (χ0v) is 11.8. The fraction of sp³-hybridized carbons (Fsp3) is 0.533. The van der Waals surface area contributed by atoms with Crippen LogP contribution in [0.15, 0.2) is 24.3 Å². The van der Waals surface area contributed by atoms with Crippen LogP contribution in [0, 0.1) is 5.82 Å². The van der Waals surface area contributed by atoms with E-state index in [9.17, 15) is 9.18 Å². The van der Waals surface area contributed by atoms with Crippen molar-refractivity contribution < 1.29 is 9.18 Å². The lowest BCUT2D eigenvalue weighted by Gasteiger charge is -2.22. The Hall–Kier alpha value is -1.58. The van der Waals surface area contributed by atoms with Crippen LogP contribution in [0.2, 0.25) is 0 Å². The lowest BCUT2D eigenvalue weighted by molar-refractivity contribution is 0.196. The van der Waals surface area contributed by atoms with Crippen LogP contribution in [-0.2, 0) is 6.54 Å². The average molecular weight is 266 g/mol. The molecule has 0 radical (unpaired) electrons. The topological polar surface area (TPSA) is 32.3 Å². The second kappa shape index (κ2) is 8.51. The first-order chi connectivity index (χ1) is 9.17. The van der Waals surface area contributed by atoms with Crippen molar-refractivity contribution in [1.82, 2.24) is 10.2 Å². The highest BCUT2D eigenvalue weighted by Crippen LogP contribution is 2.03. The van der Waals surface area contributed by atoms with E-state index >= 15 is 0 Å². The molecule has 1 aromatic rings. The largest absolute Gasteiger partial charge is 0.334 e. The minimum absolute atomic E-state index is 0.0420. The van der Waals surface area contributed by atoms with Crippen LogP contribution in [-0.4, -0.2) is 24.0 Å². The highest BCUT2D eigenvalue weighted by molar-refractivity contribution is 5.74. The zero-order valence-electron chi connectivity index (χ0n) is 11.8. The molecular weight excluding hydrogens is 243 g/mol. The highest BCUT2D eigenvalue weighted by Gasteiger charge is 2.11. The van der Waals surface area contributed by atoms with E-state index in [1.165, 1.54) is 12.1 Å². The molecule has 0 aliphatic heterocycles. The lowest BCUT2D eigenvalue weighted by Crippen LogP contribution is -2.40. The number of carbonyl (C=O) groups excluding carboxylic acids is 1. The molecule has 0 spiro atoms. The van der Waals surface area contributed by atoms with Crippen LogP contribution in [0.4, 0.5) is 9.18 Å². The van der Waals surface area contributed by atoms with Crippen molar-refractivity contribution in [2.75, 3.05) is 13.1 Å². The van der Waals surface area contributed by atoms with Gasteiger partial charge in [-0.05, 0) is 30.5 Å². The molecule has 0 atom stereocenters. The predicted molar refractivity (Wildman–Crippen MR) is 75.4 cm³/mol. The van der Waals surface area contributed by atoms with Gasteiger partial charge in [0.1, 0.15) is 5.82 Å². The van der Waals surface area contributed by atoms with E-state index in [4.69, 9.17) is 0 Å². The Morgan fingerprint density at radius 2 is 1.84 bits per heavy atom. The van der Waals surface area contributed by atoms with Gasteiger partial charge in [-0.1, -0.05) is 32.4 Å². The van der Waals surface area contributed by atoms with E-state index in [0.29, 0.717) is 6.54 Å². The fourth-order valence-electron chi connectivity index (χ4n) is 1.83. The number of hydrogen-bond acceptors (Lipinski definition) is 1. The summed E-state index contributed by atoms with van der Waals surface area (Å²) < 4.78 is 12.8. The number of nitrogens with zero attached hydrogens (tertiary/aromatic N) is 1. The maximum Gasteiger partial charge on any atom is 0.317 e. The van der Waals surface area contributed by atoms with Gasteiger partial charge in [0.05, 0.1) is 0 Å². The summed E-state index contributed by atoms with van der Waals surface area (Å²) in [5.41, 5.74) is 0.904. The Morgan fingerprint density at radius 1 is 1.16 bits per heavy atom. The predicted octanol–water partition coefficient (Wildman–Crippen LogP) is 3.55. The van der Waals surface area contributed by atoms with Crippen LogP contribution in [0.25, 0.3) is 0 Å². The first-order valence-electron chi connectivity index (χ1n) is 6.94. The van der Waals surface area contributed by atoms with Gasteiger partial charge in [0, 0.05) is 19.6 Å². The monoisotopic (exact) mass is 266 g/mol. The lowest BCUT2D eigenvalue weighted by atomic mass is 10.2. The maximum absolute atomic E-state index is 12.8. The van der Waals surface area contributed by atoms with Crippen LogP contribution < -0.4 is 5.32 Å². The third-order valence-corrected chi connectivity index (χ3v) is 2.92. The number of hydrogen-bond donors (Lipinski definition) is 1. The van der Waals surface area contributed by atoms with Gasteiger partial charge in [-0.15, -0.1) is 0 Å². The number of unbranched alkanes of at least 4 members (excludes halogenated alkanes) is 1. The number of carbonyl (C=O) groups is 1. The first-order valence-corrected chi connectivity index (χ1v) is 6.94. The normalized spacial score (nSPS) is 10.3. The number of rotatable bonds is 7. The molecule has 0 aliphatic rings. The quantitative estimate of drug-likeness (QED) is 0.804. The molecule has 3 nitrogen and oxygen atoms in total. The van der Waals surface area contributed by atoms with E-state index in [0.717, 1.165) is 37.9 Å². The molecule has 0 heterocycles. The summed E-state index contributed by atoms with van der Waals surface area (Å²) in [7, 11) is 0. The molecule has 1 N–H and O–H groups in total. The third kappa shape index (κ3) is 5.73. The molecule has 0 aromatic heterocycles. The van der Waals surface area contributed by atoms with Crippen LogP contribution in [0.5, 0.6) is 0 Å². The molecule has 1 rings (SSSR count). The number of urea groups is 1. The zero-order chi connectivity index (χ0) is 14.1. The van der Waals surface area contributed by atoms with Gasteiger partial charge >= 0.3 is 6.03 Å². The summed E-state index contributed by atoms with van der Waals surface area (Å²) in [6.07, 6.45) is 3.04. The molecule has 0 aliphatic carbocycles. The van der Waals surface area contributed by atoms with Crippen molar-refractivity contribution in [2.45, 2.75) is 39.7 Å². The summed E-state index contributed by atoms with van der Waals surface area (Å²) in [6, 6.07) is 6.14. The van der Waals surface area contributed by atoms with Crippen molar-refractivity contribution in [3.63, 3.8) is 0 Å². The molecular formula is C15H23FN2O. The SMILES string of the molecule is CCCCN(CCC)C(=O)NCc1ccc(F)cc1. The van der Waals surface area contributed by atoms with Gasteiger partial charge in [0.25, 0.3) is 0 Å². The second-order valence-electron chi connectivity index (χ2n) is 4.63. The maximum atomic E-state index is 12.8. The number of nitrogens with one attached hydrogen (secondary N) is 1. The first kappa shape index (κ1) is 15.5. The van der Waals surface area contributed by atoms with Crippen molar-refractivity contribution >= 4 is 6.03 Å². The Morgan fingerprint density at radius 3 is 2.42 bits per heavy atom. The number of halogens is 1. The van der Waals surface area contributed by atoms with Crippen LogP contribution in [0.3, 0.4) is 0 Å². The second-order valence-corrected chi connectivity index (χ2v) is 4.63. The summed E-state index contributed by atoms with van der Waals surface area (Å²) in [5.74, 6) is -0.259. The van der Waals surface area contributed by atoms with Crippen molar-refractivity contribution in [3.8, 4) is 0 Å². The minimum atomic E-state index is -0.259. The number of benzene rings is 1. The fourth-order valence-corrected chi connectivity index (χ4v) is 1.83. The van der Waals surface area contributed by atoms with Crippen LogP contribution in [0.1, 0.15) is 38.7 Å². The Kier molecular flexibility index (Phi) is 6.93. The Labute approximate surface area is 114 Å². The number of amides is 2. The molecule has 106 valence electrons. The van der Waals surface area contributed by atoms with E-state index in [-0.39, 0.29) is 11.8 Å². The van der Waals surface area contributed by atoms with E-state index in [1.54, 1.807) is 12.1 Å². The third-order valence-electron chi connectivity index (χ3n) is 2.92. The van der Waals surface area contributed by atoms with Gasteiger partial charge < -0.3 is 10.2 Å². The molecule has 0 saturated heterocycles. The molecule has 4 heteroatoms. The highest BCUT2D eigenvalue weighted by atomic mass is 19.1. The summed E-state index contributed by atoms with van der Waals surface area (Å²) in [5, 5.41) is 2.88. The van der Waals surface area contributed by atoms with E-state index in [2.05, 4.69) is 19.2 Å². The smallest absolute Gasteiger partial charge is 0.317 e. The van der Waals surface area contributed by atoms with Crippen molar-refractivity contribution in [3.05, 3.63) is 35.6 Å². The average Bonchev–Trinajstić information content (AvgIpc) is 2.42. The Bertz CT molecular complexity index is 378. The van der Waals surface area contributed by atoms with Gasteiger partial charge in [0.2, 0.25) is 0 Å². The van der Waals surface area contributed by atoms with Gasteiger partial charge in [0.15, 0.2) is 0 Å². The molecule has 2 amide bonds. The van der Waals surface area contributed by atoms with Crippen LogP contribution >= 0.6 is 0 Å². The summed E-state index contributed by atoms with van der Waals surface area (Å²) >= 11 is 0. The summed E-state index contributed by atoms with van der Waals surface area (Å²) in [4.78, 5) is 13.9. The molecule has 0 fully saturated rings. The molecule has 0 saturated carbocycles. The van der Waals surface area contributed by atoms with Gasteiger partial charge in [-0.25, -0.2) is 9.18 Å². The van der Waals surface area contributed by atoms with Crippen molar-refractivity contribution in [1.29, 1.82) is 0 Å². The van der Waals surface area contributed by atoms with E-state index in [1.807, 2.05) is 4.90 Å². The molecule has 19 heavy (non-hydrogen) atoms. The summed E-state index contributed by atoms with van der Waals surface area (Å²) in [6.45, 7) is 6.17. The van der Waals surface area contributed by atoms with Gasteiger partial charge in [-0.3, -0.25) is 0 Å². The standard InChI is InChI=1S/C15H23FN2O/c1-3-5-11-18(10-4-2)15(19)17-12-13-6-8-14(16)9-7-13/h6-9H,3-5,10-12H2,1-2H3,(H,17,19). The van der Waals surface area contributed by atoms with Gasteiger partial charge in [-0.2, -0.15) is 0 Å². The minimum Gasteiger partial charge on any atom is -0.334 e. The van der Waals surface area contributed by atoms with Crippen molar-refractivity contribution in [2.24, 2.45) is 0 Å². The Balaban J connectivity index is 2.44. The molecule has 0 bridgehead atoms.